The normalized spacial score (nSPS) is 17.3. The van der Waals surface area contributed by atoms with Crippen LogP contribution < -0.4 is 0 Å². The Morgan fingerprint density at radius 1 is 1.32 bits per heavy atom. The number of thioether (sulfide) groups is 1. The van der Waals surface area contributed by atoms with E-state index in [0.29, 0.717) is 17.6 Å². The average molecular weight is 366 g/mol. The second kappa shape index (κ2) is 5.82. The van der Waals surface area contributed by atoms with Crippen molar-refractivity contribution in [1.82, 2.24) is 4.31 Å². The summed E-state index contributed by atoms with van der Waals surface area (Å²) in [5, 5.41) is 8.95. The highest BCUT2D eigenvalue weighted by Gasteiger charge is 2.28. The molecule has 0 aliphatic carbocycles. The lowest BCUT2D eigenvalue weighted by Gasteiger charge is -2.26. The number of halogens is 1. The van der Waals surface area contributed by atoms with Gasteiger partial charge in [0.05, 0.1) is 10.5 Å². The molecule has 19 heavy (non-hydrogen) atoms. The van der Waals surface area contributed by atoms with Gasteiger partial charge in [-0.15, -0.1) is 0 Å². The van der Waals surface area contributed by atoms with Gasteiger partial charge in [-0.25, -0.2) is 13.2 Å². The molecule has 0 atom stereocenters. The highest BCUT2D eigenvalue weighted by molar-refractivity contribution is 9.10. The van der Waals surface area contributed by atoms with Crippen LogP contribution in [-0.4, -0.2) is 48.4 Å². The van der Waals surface area contributed by atoms with Crippen LogP contribution in [0.3, 0.4) is 0 Å². The van der Waals surface area contributed by atoms with Gasteiger partial charge in [0, 0.05) is 29.1 Å². The van der Waals surface area contributed by atoms with E-state index in [1.807, 2.05) is 0 Å². The number of carboxylic acids is 1. The quantitative estimate of drug-likeness (QED) is 0.884. The van der Waals surface area contributed by atoms with E-state index in [1.54, 1.807) is 11.8 Å². The number of nitrogens with zero attached hydrogens (tertiary/aromatic N) is 1. The molecule has 1 N–H and O–H groups in total. The molecule has 0 saturated carbocycles. The van der Waals surface area contributed by atoms with E-state index in [2.05, 4.69) is 15.9 Å². The molecule has 0 spiro atoms. The number of benzene rings is 1. The minimum Gasteiger partial charge on any atom is -0.478 e. The van der Waals surface area contributed by atoms with E-state index in [0.717, 1.165) is 11.5 Å². The van der Waals surface area contributed by atoms with Crippen LogP contribution in [0.4, 0.5) is 0 Å². The van der Waals surface area contributed by atoms with E-state index in [4.69, 9.17) is 5.11 Å². The lowest BCUT2D eigenvalue weighted by molar-refractivity contribution is 0.0696. The van der Waals surface area contributed by atoms with Crippen LogP contribution in [0.2, 0.25) is 0 Å². The molecule has 5 nitrogen and oxygen atoms in total. The van der Waals surface area contributed by atoms with Gasteiger partial charge in [-0.3, -0.25) is 0 Å². The zero-order chi connectivity index (χ0) is 14.0. The van der Waals surface area contributed by atoms with Gasteiger partial charge >= 0.3 is 5.97 Å². The van der Waals surface area contributed by atoms with E-state index in [-0.39, 0.29) is 10.5 Å². The zero-order valence-electron chi connectivity index (χ0n) is 9.87. The van der Waals surface area contributed by atoms with E-state index >= 15 is 0 Å². The van der Waals surface area contributed by atoms with Crippen LogP contribution in [-0.2, 0) is 10.0 Å². The minimum absolute atomic E-state index is 0.0132. The van der Waals surface area contributed by atoms with Crippen LogP contribution in [0.15, 0.2) is 27.6 Å². The third-order valence-corrected chi connectivity index (χ3v) is 6.60. The second-order valence-corrected chi connectivity index (χ2v) is 7.95. The van der Waals surface area contributed by atoms with Crippen molar-refractivity contribution in [2.45, 2.75) is 4.90 Å². The summed E-state index contributed by atoms with van der Waals surface area (Å²) in [6, 6.07) is 4.02. The van der Waals surface area contributed by atoms with Crippen molar-refractivity contribution in [1.29, 1.82) is 0 Å². The number of aromatic carboxylic acids is 1. The van der Waals surface area contributed by atoms with Gasteiger partial charge in [0.15, 0.2) is 0 Å². The molecule has 1 aromatic rings. The minimum atomic E-state index is -3.64. The van der Waals surface area contributed by atoms with Crippen molar-refractivity contribution in [3.63, 3.8) is 0 Å². The van der Waals surface area contributed by atoms with Crippen LogP contribution in [0.25, 0.3) is 0 Å². The maximum absolute atomic E-state index is 12.5. The van der Waals surface area contributed by atoms with Gasteiger partial charge in [0.1, 0.15) is 0 Å². The molecule has 0 amide bonds. The fraction of sp³-hybridized carbons (Fsp3) is 0.364. The van der Waals surface area contributed by atoms with E-state index < -0.39 is 16.0 Å². The van der Waals surface area contributed by atoms with Crippen molar-refractivity contribution in [3.05, 3.63) is 28.2 Å². The predicted octanol–water partition coefficient (Wildman–Crippen LogP) is 1.88. The fourth-order valence-corrected chi connectivity index (χ4v) is 5.29. The Kier molecular flexibility index (Phi) is 4.54. The summed E-state index contributed by atoms with van der Waals surface area (Å²) in [5.41, 5.74) is -0.0341. The van der Waals surface area contributed by atoms with Gasteiger partial charge in [-0.2, -0.15) is 16.1 Å². The van der Waals surface area contributed by atoms with Gasteiger partial charge in [-0.05, 0) is 34.1 Å². The van der Waals surface area contributed by atoms with Crippen molar-refractivity contribution in [2.24, 2.45) is 0 Å². The Morgan fingerprint density at radius 3 is 2.53 bits per heavy atom. The number of hydrogen-bond acceptors (Lipinski definition) is 4. The Balaban J connectivity index is 2.44. The molecule has 1 aromatic carbocycles. The summed E-state index contributed by atoms with van der Waals surface area (Å²) in [6.07, 6.45) is 0. The molecule has 1 heterocycles. The molecule has 1 saturated heterocycles. The standard InChI is InChI=1S/C11H12BrNO4S2/c12-9-2-1-8(11(14)15)7-10(9)19(16,17)13-3-5-18-6-4-13/h1-2,7H,3-6H2,(H,14,15). The maximum atomic E-state index is 12.5. The smallest absolute Gasteiger partial charge is 0.335 e. The SMILES string of the molecule is O=C(O)c1ccc(Br)c(S(=O)(=O)N2CCSCC2)c1. The highest BCUT2D eigenvalue weighted by atomic mass is 79.9. The van der Waals surface area contributed by atoms with Crippen LogP contribution in [0.5, 0.6) is 0 Å². The summed E-state index contributed by atoms with van der Waals surface area (Å²) in [6.45, 7) is 0.910. The summed E-state index contributed by atoms with van der Waals surface area (Å²) in [7, 11) is -3.64. The Bertz CT molecular complexity index is 597. The molecular formula is C11H12BrNO4S2. The van der Waals surface area contributed by atoms with E-state index in [1.165, 1.54) is 22.5 Å². The van der Waals surface area contributed by atoms with Gasteiger partial charge < -0.3 is 5.11 Å². The average Bonchev–Trinajstić information content (AvgIpc) is 2.39. The molecule has 1 aliphatic rings. The van der Waals surface area contributed by atoms with Crippen molar-refractivity contribution < 1.29 is 18.3 Å². The molecule has 104 valence electrons. The van der Waals surface area contributed by atoms with E-state index in [9.17, 15) is 13.2 Å². The predicted molar refractivity (Wildman–Crippen MR) is 77.2 cm³/mol. The lowest BCUT2D eigenvalue weighted by atomic mass is 10.2. The number of carbonyl (C=O) groups is 1. The summed E-state index contributed by atoms with van der Waals surface area (Å²) < 4.78 is 26.7. The zero-order valence-corrected chi connectivity index (χ0v) is 13.1. The Morgan fingerprint density at radius 2 is 1.95 bits per heavy atom. The maximum Gasteiger partial charge on any atom is 0.335 e. The number of hydrogen-bond donors (Lipinski definition) is 1. The summed E-state index contributed by atoms with van der Waals surface area (Å²) in [4.78, 5) is 11.0. The molecular weight excluding hydrogens is 354 g/mol. The van der Waals surface area contributed by atoms with Crippen molar-refractivity contribution in [3.8, 4) is 0 Å². The topological polar surface area (TPSA) is 74.7 Å². The number of sulfonamides is 1. The monoisotopic (exact) mass is 365 g/mol. The summed E-state index contributed by atoms with van der Waals surface area (Å²) in [5.74, 6) is 0.378. The number of carboxylic acid groups (broad SMARTS) is 1. The van der Waals surface area contributed by atoms with Crippen LogP contribution in [0.1, 0.15) is 10.4 Å². The molecule has 1 aliphatic heterocycles. The van der Waals surface area contributed by atoms with Gasteiger partial charge in [0.2, 0.25) is 10.0 Å². The third kappa shape index (κ3) is 3.13. The Labute approximate surface area is 124 Å². The highest BCUT2D eigenvalue weighted by Crippen LogP contribution is 2.27. The molecule has 0 aromatic heterocycles. The van der Waals surface area contributed by atoms with Crippen LogP contribution >= 0.6 is 27.7 Å². The van der Waals surface area contributed by atoms with Crippen molar-refractivity contribution in [2.75, 3.05) is 24.6 Å². The molecule has 8 heteroatoms. The van der Waals surface area contributed by atoms with Gasteiger partial charge in [-0.1, -0.05) is 0 Å². The van der Waals surface area contributed by atoms with Crippen LogP contribution in [0, 0.1) is 0 Å². The second-order valence-electron chi connectivity index (χ2n) is 3.97. The first-order valence-corrected chi connectivity index (χ1v) is 8.92. The molecule has 0 bridgehead atoms. The first-order chi connectivity index (χ1) is 8.93. The largest absolute Gasteiger partial charge is 0.478 e. The lowest BCUT2D eigenvalue weighted by Crippen LogP contribution is -2.38. The third-order valence-electron chi connectivity index (χ3n) is 2.77. The number of rotatable bonds is 3. The van der Waals surface area contributed by atoms with Crippen molar-refractivity contribution >= 4 is 43.7 Å². The molecule has 0 radical (unpaired) electrons. The molecule has 0 unspecified atom stereocenters. The molecule has 2 rings (SSSR count). The molecule has 1 fully saturated rings. The first kappa shape index (κ1) is 14.8. The Hall–Kier alpha value is -0.570. The van der Waals surface area contributed by atoms with Gasteiger partial charge in [0.25, 0.3) is 0 Å². The first-order valence-electron chi connectivity index (χ1n) is 5.53. The fourth-order valence-electron chi connectivity index (χ4n) is 1.76. The summed E-state index contributed by atoms with van der Waals surface area (Å²) >= 11 is 4.89.